The van der Waals surface area contributed by atoms with E-state index < -0.39 is 0 Å². The molecule has 0 spiro atoms. The summed E-state index contributed by atoms with van der Waals surface area (Å²) in [6.45, 7) is 3.53. The molecule has 0 bridgehead atoms. The number of benzene rings is 1. The van der Waals surface area contributed by atoms with Gasteiger partial charge in [-0.2, -0.15) is 0 Å². The second-order valence-electron chi connectivity index (χ2n) is 4.85. The van der Waals surface area contributed by atoms with Gasteiger partial charge in [0.25, 0.3) is 0 Å². The van der Waals surface area contributed by atoms with Gasteiger partial charge in [-0.3, -0.25) is 4.99 Å². The van der Waals surface area contributed by atoms with Gasteiger partial charge in [-0.05, 0) is 29.1 Å². The van der Waals surface area contributed by atoms with Crippen molar-refractivity contribution >= 4 is 17.3 Å². The molecule has 0 aliphatic rings. The van der Waals surface area contributed by atoms with Gasteiger partial charge in [-0.15, -0.1) is 11.3 Å². The van der Waals surface area contributed by atoms with Crippen LogP contribution >= 0.6 is 11.3 Å². The van der Waals surface area contributed by atoms with E-state index in [1.54, 1.807) is 24.5 Å². The monoisotopic (exact) mass is 305 g/mol. The third-order valence-corrected chi connectivity index (χ3v) is 4.28. The van der Waals surface area contributed by atoms with E-state index in [1.807, 2.05) is 6.07 Å². The van der Waals surface area contributed by atoms with E-state index in [0.717, 1.165) is 18.1 Å². The number of halogens is 1. The number of thiophene rings is 1. The van der Waals surface area contributed by atoms with Crippen molar-refractivity contribution in [1.82, 2.24) is 10.6 Å². The SMILES string of the molecule is CN=C(NCc1cccc(F)c1)NCC(C)c1cccs1. The number of nitrogens with zero attached hydrogens (tertiary/aromatic N) is 1. The van der Waals surface area contributed by atoms with Crippen LogP contribution in [0, 0.1) is 5.82 Å². The zero-order valence-electron chi connectivity index (χ0n) is 12.3. The Balaban J connectivity index is 1.81. The lowest BCUT2D eigenvalue weighted by atomic mass is 10.1. The van der Waals surface area contributed by atoms with Crippen molar-refractivity contribution in [2.45, 2.75) is 19.4 Å². The van der Waals surface area contributed by atoms with Gasteiger partial charge in [-0.25, -0.2) is 4.39 Å². The summed E-state index contributed by atoms with van der Waals surface area (Å²) in [4.78, 5) is 5.53. The molecule has 1 aromatic heterocycles. The Hall–Kier alpha value is -1.88. The van der Waals surface area contributed by atoms with Gasteiger partial charge in [0.2, 0.25) is 0 Å². The van der Waals surface area contributed by atoms with E-state index in [1.165, 1.54) is 17.0 Å². The van der Waals surface area contributed by atoms with Crippen LogP contribution in [0.5, 0.6) is 0 Å². The fourth-order valence-corrected chi connectivity index (χ4v) is 2.76. The quantitative estimate of drug-likeness (QED) is 0.656. The smallest absolute Gasteiger partial charge is 0.191 e. The van der Waals surface area contributed by atoms with E-state index in [4.69, 9.17) is 0 Å². The molecular formula is C16H20FN3S. The Morgan fingerprint density at radius 3 is 2.81 bits per heavy atom. The molecule has 112 valence electrons. The van der Waals surface area contributed by atoms with Gasteiger partial charge in [0.05, 0.1) is 0 Å². The molecule has 0 fully saturated rings. The molecule has 21 heavy (non-hydrogen) atoms. The maximum absolute atomic E-state index is 13.1. The van der Waals surface area contributed by atoms with Crippen LogP contribution in [0.2, 0.25) is 0 Å². The lowest BCUT2D eigenvalue weighted by Gasteiger charge is -2.15. The van der Waals surface area contributed by atoms with Gasteiger partial charge in [0.1, 0.15) is 5.82 Å². The lowest BCUT2D eigenvalue weighted by Crippen LogP contribution is -2.38. The van der Waals surface area contributed by atoms with E-state index in [9.17, 15) is 4.39 Å². The number of hydrogen-bond donors (Lipinski definition) is 2. The predicted octanol–water partition coefficient (Wildman–Crippen LogP) is 3.36. The van der Waals surface area contributed by atoms with E-state index in [0.29, 0.717) is 12.5 Å². The van der Waals surface area contributed by atoms with Crippen LogP contribution in [-0.2, 0) is 6.54 Å². The van der Waals surface area contributed by atoms with Gasteiger partial charge in [0.15, 0.2) is 5.96 Å². The summed E-state index contributed by atoms with van der Waals surface area (Å²) < 4.78 is 13.1. The summed E-state index contributed by atoms with van der Waals surface area (Å²) >= 11 is 1.76. The molecule has 5 heteroatoms. The molecule has 1 unspecified atom stereocenters. The minimum Gasteiger partial charge on any atom is -0.356 e. The average molecular weight is 305 g/mol. The van der Waals surface area contributed by atoms with Crippen LogP contribution in [0.4, 0.5) is 4.39 Å². The summed E-state index contributed by atoms with van der Waals surface area (Å²) in [6.07, 6.45) is 0. The van der Waals surface area contributed by atoms with Crippen LogP contribution in [0.3, 0.4) is 0 Å². The van der Waals surface area contributed by atoms with Crippen molar-refractivity contribution in [3.63, 3.8) is 0 Å². The van der Waals surface area contributed by atoms with E-state index >= 15 is 0 Å². The van der Waals surface area contributed by atoms with Gasteiger partial charge < -0.3 is 10.6 Å². The molecule has 0 saturated heterocycles. The maximum Gasteiger partial charge on any atom is 0.191 e. The van der Waals surface area contributed by atoms with E-state index in [-0.39, 0.29) is 5.82 Å². The largest absolute Gasteiger partial charge is 0.356 e. The predicted molar refractivity (Wildman–Crippen MR) is 87.3 cm³/mol. The highest BCUT2D eigenvalue weighted by molar-refractivity contribution is 7.10. The molecule has 2 N–H and O–H groups in total. The van der Waals surface area contributed by atoms with Gasteiger partial charge in [-0.1, -0.05) is 25.1 Å². The molecule has 0 aliphatic heterocycles. The number of guanidine groups is 1. The van der Waals surface area contributed by atoms with Crippen molar-refractivity contribution in [1.29, 1.82) is 0 Å². The first kappa shape index (κ1) is 15.5. The normalized spacial score (nSPS) is 13.0. The zero-order valence-corrected chi connectivity index (χ0v) is 13.1. The summed E-state index contributed by atoms with van der Waals surface area (Å²) in [5.74, 6) is 0.934. The Kier molecular flexibility index (Phi) is 5.75. The Morgan fingerprint density at radius 2 is 2.14 bits per heavy atom. The first-order chi connectivity index (χ1) is 10.2. The summed E-state index contributed by atoms with van der Waals surface area (Å²) in [7, 11) is 1.73. The summed E-state index contributed by atoms with van der Waals surface area (Å²) in [6, 6.07) is 10.8. The summed E-state index contributed by atoms with van der Waals surface area (Å²) in [5, 5.41) is 8.57. The molecule has 2 rings (SSSR count). The van der Waals surface area contributed by atoms with Crippen LogP contribution in [0.25, 0.3) is 0 Å². The van der Waals surface area contributed by atoms with Crippen molar-refractivity contribution in [2.75, 3.05) is 13.6 Å². The minimum absolute atomic E-state index is 0.219. The Morgan fingerprint density at radius 1 is 1.29 bits per heavy atom. The van der Waals surface area contributed by atoms with Crippen molar-refractivity contribution in [3.8, 4) is 0 Å². The Labute approximate surface area is 128 Å². The standard InChI is InChI=1S/C16H20FN3S/c1-12(15-7-4-8-21-15)10-19-16(18-2)20-11-13-5-3-6-14(17)9-13/h3-9,12H,10-11H2,1-2H3,(H2,18,19,20). The second kappa shape index (κ2) is 7.78. The zero-order chi connectivity index (χ0) is 15.1. The van der Waals surface area contributed by atoms with Crippen LogP contribution in [0.15, 0.2) is 46.8 Å². The topological polar surface area (TPSA) is 36.4 Å². The molecule has 0 radical (unpaired) electrons. The minimum atomic E-state index is -0.219. The van der Waals surface area contributed by atoms with Gasteiger partial charge >= 0.3 is 0 Å². The number of nitrogens with one attached hydrogen (secondary N) is 2. The highest BCUT2D eigenvalue weighted by atomic mass is 32.1. The first-order valence-electron chi connectivity index (χ1n) is 6.91. The Bertz CT molecular complexity index is 581. The third-order valence-electron chi connectivity index (χ3n) is 3.18. The highest BCUT2D eigenvalue weighted by Gasteiger charge is 2.07. The van der Waals surface area contributed by atoms with E-state index in [2.05, 4.69) is 40.1 Å². The molecule has 0 saturated carbocycles. The van der Waals surface area contributed by atoms with Crippen LogP contribution < -0.4 is 10.6 Å². The number of rotatable bonds is 5. The number of aliphatic imine (C=N–C) groups is 1. The highest BCUT2D eigenvalue weighted by Crippen LogP contribution is 2.19. The first-order valence-corrected chi connectivity index (χ1v) is 7.79. The van der Waals surface area contributed by atoms with Crippen molar-refractivity contribution in [3.05, 3.63) is 58.0 Å². The molecule has 0 amide bonds. The van der Waals surface area contributed by atoms with Crippen molar-refractivity contribution in [2.24, 2.45) is 4.99 Å². The molecule has 1 atom stereocenters. The number of hydrogen-bond acceptors (Lipinski definition) is 2. The molecule has 2 aromatic rings. The molecule has 3 nitrogen and oxygen atoms in total. The third kappa shape index (κ3) is 4.86. The molecular weight excluding hydrogens is 285 g/mol. The van der Waals surface area contributed by atoms with Crippen molar-refractivity contribution < 1.29 is 4.39 Å². The van der Waals surface area contributed by atoms with Crippen LogP contribution in [0.1, 0.15) is 23.3 Å². The fraction of sp³-hybridized carbons (Fsp3) is 0.312. The average Bonchev–Trinajstić information content (AvgIpc) is 3.01. The second-order valence-corrected chi connectivity index (χ2v) is 5.83. The molecule has 0 aliphatic carbocycles. The lowest BCUT2D eigenvalue weighted by molar-refractivity contribution is 0.624. The molecule has 1 aromatic carbocycles. The summed E-state index contributed by atoms with van der Waals surface area (Å²) in [5.41, 5.74) is 0.893. The maximum atomic E-state index is 13.1. The van der Waals surface area contributed by atoms with Gasteiger partial charge in [0, 0.05) is 30.9 Å². The fourth-order valence-electron chi connectivity index (χ4n) is 1.98. The molecule has 1 heterocycles. The van der Waals surface area contributed by atoms with Crippen LogP contribution in [-0.4, -0.2) is 19.6 Å².